The Bertz CT molecular complexity index is 715. The van der Waals surface area contributed by atoms with Gasteiger partial charge >= 0.3 is 0 Å². The smallest absolute Gasteiger partial charge is 0.224 e. The first-order valence-corrected chi connectivity index (χ1v) is 8.34. The minimum absolute atomic E-state index is 0.0702. The van der Waals surface area contributed by atoms with Gasteiger partial charge in [-0.2, -0.15) is 0 Å². The molecule has 128 valence electrons. The fourth-order valence-corrected chi connectivity index (χ4v) is 3.56. The predicted molar refractivity (Wildman–Crippen MR) is 89.5 cm³/mol. The first-order chi connectivity index (χ1) is 11.6. The molecule has 0 bridgehead atoms. The Morgan fingerprint density at radius 3 is 2.92 bits per heavy atom. The Morgan fingerprint density at radius 2 is 2.25 bits per heavy atom. The third kappa shape index (κ3) is 3.19. The number of amides is 1. The first kappa shape index (κ1) is 16.6. The summed E-state index contributed by atoms with van der Waals surface area (Å²) in [5.74, 6) is 0.278. The number of rotatable bonds is 5. The predicted octanol–water partition coefficient (Wildman–Crippen LogP) is 2.14. The number of hydrogen-bond acceptors (Lipinski definition) is 3. The summed E-state index contributed by atoms with van der Waals surface area (Å²) in [4.78, 5) is 17.1. The van der Waals surface area contributed by atoms with Crippen molar-refractivity contribution in [3.63, 3.8) is 0 Å². The Hall–Kier alpha value is -2.21. The van der Waals surface area contributed by atoms with E-state index in [1.165, 1.54) is 6.07 Å². The lowest BCUT2D eigenvalue weighted by Crippen LogP contribution is -2.38. The first-order valence-electron chi connectivity index (χ1n) is 8.34. The van der Waals surface area contributed by atoms with Crippen LogP contribution in [-0.4, -0.2) is 22.0 Å². The van der Waals surface area contributed by atoms with Crippen LogP contribution in [0.5, 0.6) is 0 Å². The minimum atomic E-state index is -0.613. The van der Waals surface area contributed by atoms with Crippen LogP contribution in [0.1, 0.15) is 36.7 Å². The lowest BCUT2D eigenvalue weighted by molar-refractivity contribution is -0.126. The molecular formula is C18H23FN4O. The van der Waals surface area contributed by atoms with Crippen LogP contribution in [-0.2, 0) is 11.8 Å². The van der Waals surface area contributed by atoms with Crippen molar-refractivity contribution in [2.45, 2.75) is 25.3 Å². The number of nitrogens with two attached hydrogens (primary N) is 1. The molecule has 1 aromatic heterocycles. The fraction of sp³-hybridized carbons (Fsp3) is 0.444. The van der Waals surface area contributed by atoms with Crippen LogP contribution in [0.4, 0.5) is 4.39 Å². The van der Waals surface area contributed by atoms with E-state index >= 15 is 0 Å². The molecule has 3 atom stereocenters. The molecule has 1 amide bonds. The summed E-state index contributed by atoms with van der Waals surface area (Å²) < 4.78 is 16.1. The number of hydrogen-bond donors (Lipinski definition) is 2. The molecule has 0 spiro atoms. The van der Waals surface area contributed by atoms with Crippen molar-refractivity contribution in [2.24, 2.45) is 24.6 Å². The monoisotopic (exact) mass is 330 g/mol. The van der Waals surface area contributed by atoms with Crippen molar-refractivity contribution in [1.29, 1.82) is 0 Å². The zero-order chi connectivity index (χ0) is 17.1. The number of imidazole rings is 1. The van der Waals surface area contributed by atoms with Crippen LogP contribution in [0, 0.1) is 17.7 Å². The van der Waals surface area contributed by atoms with Crippen LogP contribution in [0.25, 0.3) is 0 Å². The summed E-state index contributed by atoms with van der Waals surface area (Å²) in [7, 11) is 1.83. The number of benzene rings is 1. The number of nitrogens with one attached hydrogen (secondary N) is 1. The van der Waals surface area contributed by atoms with E-state index < -0.39 is 6.04 Å². The zero-order valence-electron chi connectivity index (χ0n) is 13.8. The molecule has 0 saturated heterocycles. The van der Waals surface area contributed by atoms with Crippen molar-refractivity contribution < 1.29 is 9.18 Å². The van der Waals surface area contributed by atoms with E-state index in [9.17, 15) is 9.18 Å². The number of halogens is 1. The van der Waals surface area contributed by atoms with E-state index in [2.05, 4.69) is 10.3 Å². The molecule has 1 unspecified atom stereocenters. The summed E-state index contributed by atoms with van der Waals surface area (Å²) in [5.41, 5.74) is 6.21. The zero-order valence-corrected chi connectivity index (χ0v) is 13.8. The highest BCUT2D eigenvalue weighted by Crippen LogP contribution is 2.32. The van der Waals surface area contributed by atoms with E-state index in [1.807, 2.05) is 7.05 Å². The number of nitrogens with zero attached hydrogens (tertiary/aromatic N) is 2. The average molecular weight is 330 g/mol. The van der Waals surface area contributed by atoms with Gasteiger partial charge in [0.1, 0.15) is 17.7 Å². The van der Waals surface area contributed by atoms with Gasteiger partial charge in [0.15, 0.2) is 0 Å². The maximum atomic E-state index is 14.3. The van der Waals surface area contributed by atoms with Crippen molar-refractivity contribution >= 4 is 5.91 Å². The van der Waals surface area contributed by atoms with Gasteiger partial charge in [-0.3, -0.25) is 4.79 Å². The van der Waals surface area contributed by atoms with Crippen LogP contribution >= 0.6 is 0 Å². The van der Waals surface area contributed by atoms with Gasteiger partial charge < -0.3 is 15.6 Å². The fourth-order valence-electron chi connectivity index (χ4n) is 3.56. The number of aryl methyl sites for hydroxylation is 1. The third-order valence-corrected chi connectivity index (χ3v) is 4.92. The highest BCUT2D eigenvalue weighted by atomic mass is 19.1. The highest BCUT2D eigenvalue weighted by Gasteiger charge is 2.34. The number of carbonyl (C=O) groups is 1. The molecule has 1 heterocycles. The van der Waals surface area contributed by atoms with Crippen molar-refractivity contribution in [2.75, 3.05) is 6.54 Å². The molecule has 1 fully saturated rings. The van der Waals surface area contributed by atoms with E-state index in [0.29, 0.717) is 17.9 Å². The molecule has 6 heteroatoms. The summed E-state index contributed by atoms with van der Waals surface area (Å²) in [6.07, 6.45) is 6.24. The maximum Gasteiger partial charge on any atom is 0.224 e. The summed E-state index contributed by atoms with van der Waals surface area (Å²) in [5, 5.41) is 3.01. The van der Waals surface area contributed by atoms with Gasteiger partial charge in [0.2, 0.25) is 5.91 Å². The summed E-state index contributed by atoms with van der Waals surface area (Å²) >= 11 is 0. The van der Waals surface area contributed by atoms with Gasteiger partial charge in [0.25, 0.3) is 0 Å². The lowest BCUT2D eigenvalue weighted by Gasteiger charge is -2.24. The topological polar surface area (TPSA) is 72.9 Å². The molecule has 5 nitrogen and oxygen atoms in total. The SMILES string of the molecule is Cn1ccnc1C(NC(=O)[C@@H]1CCC[C@@H]1CN)c1ccccc1F. The molecule has 24 heavy (non-hydrogen) atoms. The maximum absolute atomic E-state index is 14.3. The van der Waals surface area contributed by atoms with Crippen molar-refractivity contribution in [3.8, 4) is 0 Å². The Morgan fingerprint density at radius 1 is 1.46 bits per heavy atom. The lowest BCUT2D eigenvalue weighted by atomic mass is 9.94. The van der Waals surface area contributed by atoms with E-state index in [-0.39, 0.29) is 23.6 Å². The van der Waals surface area contributed by atoms with Gasteiger partial charge in [0.05, 0.1) is 0 Å². The van der Waals surface area contributed by atoms with Crippen LogP contribution in [0.15, 0.2) is 36.7 Å². The Labute approximate surface area is 141 Å². The molecule has 3 N–H and O–H groups in total. The molecular weight excluding hydrogens is 307 g/mol. The van der Waals surface area contributed by atoms with E-state index in [1.54, 1.807) is 35.2 Å². The second-order valence-electron chi connectivity index (χ2n) is 6.39. The minimum Gasteiger partial charge on any atom is -0.342 e. The summed E-state index contributed by atoms with van der Waals surface area (Å²) in [6.45, 7) is 0.505. The van der Waals surface area contributed by atoms with Crippen LogP contribution < -0.4 is 11.1 Å². The van der Waals surface area contributed by atoms with Crippen LogP contribution in [0.2, 0.25) is 0 Å². The average Bonchev–Trinajstić information content (AvgIpc) is 3.22. The van der Waals surface area contributed by atoms with Gasteiger partial charge in [-0.1, -0.05) is 24.6 Å². The van der Waals surface area contributed by atoms with Gasteiger partial charge in [0, 0.05) is 30.9 Å². The van der Waals surface area contributed by atoms with Crippen molar-refractivity contribution in [1.82, 2.24) is 14.9 Å². The molecule has 1 aliphatic carbocycles. The van der Waals surface area contributed by atoms with Gasteiger partial charge in [-0.25, -0.2) is 9.37 Å². The molecule has 0 radical (unpaired) electrons. The van der Waals surface area contributed by atoms with Crippen LogP contribution in [0.3, 0.4) is 0 Å². The standard InChI is InChI=1S/C18H23FN4O/c1-23-10-9-21-17(23)16(14-6-2-3-8-15(14)19)22-18(24)13-7-4-5-12(13)11-20/h2-3,6,8-10,12-13,16H,4-5,7,11,20H2,1H3,(H,22,24)/t12-,13-,16?/m1/s1. The Balaban J connectivity index is 1.90. The molecule has 2 aromatic rings. The molecule has 1 saturated carbocycles. The van der Waals surface area contributed by atoms with Gasteiger partial charge in [-0.15, -0.1) is 0 Å². The molecule has 3 rings (SSSR count). The van der Waals surface area contributed by atoms with E-state index in [4.69, 9.17) is 5.73 Å². The number of carbonyl (C=O) groups excluding carboxylic acids is 1. The van der Waals surface area contributed by atoms with Crippen molar-refractivity contribution in [3.05, 3.63) is 53.9 Å². The normalized spacial score (nSPS) is 21.6. The second kappa shape index (κ2) is 7.13. The summed E-state index contributed by atoms with van der Waals surface area (Å²) in [6, 6.07) is 5.87. The number of aromatic nitrogens is 2. The molecule has 1 aliphatic rings. The highest BCUT2D eigenvalue weighted by molar-refractivity contribution is 5.80. The quantitative estimate of drug-likeness (QED) is 0.882. The van der Waals surface area contributed by atoms with Gasteiger partial charge in [-0.05, 0) is 31.4 Å². The Kier molecular flexibility index (Phi) is 4.94. The van der Waals surface area contributed by atoms with E-state index in [0.717, 1.165) is 19.3 Å². The largest absolute Gasteiger partial charge is 0.342 e. The third-order valence-electron chi connectivity index (χ3n) is 4.92. The second-order valence-corrected chi connectivity index (χ2v) is 6.39. The molecule has 0 aliphatic heterocycles. The molecule has 1 aromatic carbocycles.